The lowest BCUT2D eigenvalue weighted by atomic mass is 10.0. The lowest BCUT2D eigenvalue weighted by Gasteiger charge is -2.25. The van der Waals surface area contributed by atoms with Gasteiger partial charge in [0, 0.05) is 17.1 Å². The molecule has 4 aromatic rings. The molecular weight excluding hydrogens is 334 g/mol. The van der Waals surface area contributed by atoms with Gasteiger partial charge in [-0.15, -0.1) is 0 Å². The number of rotatable bonds is 4. The van der Waals surface area contributed by atoms with Crippen LogP contribution < -0.4 is 4.90 Å². The molecule has 0 amide bonds. The lowest BCUT2D eigenvalue weighted by molar-refractivity contribution is 0.404. The van der Waals surface area contributed by atoms with Crippen molar-refractivity contribution >= 4 is 17.1 Å². The fourth-order valence-corrected chi connectivity index (χ4v) is 3.11. The molecule has 0 radical (unpaired) electrons. The van der Waals surface area contributed by atoms with Gasteiger partial charge in [0.1, 0.15) is 0 Å². The summed E-state index contributed by atoms with van der Waals surface area (Å²) in [6.07, 6.45) is 0. The van der Waals surface area contributed by atoms with Crippen molar-refractivity contribution in [3.63, 3.8) is 0 Å². The molecule has 0 saturated carbocycles. The first kappa shape index (κ1) is 16.7. The molecule has 27 heavy (non-hydrogen) atoms. The van der Waals surface area contributed by atoms with E-state index in [2.05, 4.69) is 41.3 Å². The van der Waals surface area contributed by atoms with Crippen LogP contribution >= 0.6 is 0 Å². The quantitative estimate of drug-likeness (QED) is 0.427. The number of benzene rings is 4. The van der Waals surface area contributed by atoms with Crippen molar-refractivity contribution in [2.45, 2.75) is 0 Å². The second kappa shape index (κ2) is 7.26. The Kier molecular flexibility index (Phi) is 4.50. The third-order valence-corrected chi connectivity index (χ3v) is 4.46. The average molecular weight is 353 g/mol. The van der Waals surface area contributed by atoms with Crippen LogP contribution in [-0.4, -0.2) is 10.2 Å². The van der Waals surface area contributed by atoms with Crippen molar-refractivity contribution in [3.8, 4) is 22.6 Å². The number of anilines is 3. The summed E-state index contributed by atoms with van der Waals surface area (Å²) in [5, 5.41) is 19.2. The molecule has 0 fully saturated rings. The van der Waals surface area contributed by atoms with Crippen LogP contribution in [0.5, 0.6) is 11.5 Å². The number of phenols is 2. The van der Waals surface area contributed by atoms with Crippen LogP contribution in [0.1, 0.15) is 0 Å². The van der Waals surface area contributed by atoms with Gasteiger partial charge < -0.3 is 15.1 Å². The molecule has 3 nitrogen and oxygen atoms in total. The second-order valence-electron chi connectivity index (χ2n) is 6.26. The molecule has 4 rings (SSSR count). The van der Waals surface area contributed by atoms with E-state index in [9.17, 15) is 10.2 Å². The summed E-state index contributed by atoms with van der Waals surface area (Å²) in [6.45, 7) is 0. The smallest absolute Gasteiger partial charge is 0.158 e. The van der Waals surface area contributed by atoms with Crippen LogP contribution in [0.2, 0.25) is 0 Å². The SMILES string of the molecule is Oc1ccc(-c2ccc(N(c3ccccc3)c3ccccc3)cc2)cc1O. The molecule has 0 bridgehead atoms. The van der Waals surface area contributed by atoms with Gasteiger partial charge in [-0.05, 0) is 59.7 Å². The lowest BCUT2D eigenvalue weighted by Crippen LogP contribution is -2.09. The molecule has 0 spiro atoms. The number of nitrogens with zero attached hydrogens (tertiary/aromatic N) is 1. The monoisotopic (exact) mass is 353 g/mol. The van der Waals surface area contributed by atoms with Gasteiger partial charge in [-0.3, -0.25) is 0 Å². The first-order valence-corrected chi connectivity index (χ1v) is 8.75. The highest BCUT2D eigenvalue weighted by Crippen LogP contribution is 2.36. The summed E-state index contributed by atoms with van der Waals surface area (Å²) in [4.78, 5) is 2.19. The van der Waals surface area contributed by atoms with E-state index in [-0.39, 0.29) is 11.5 Å². The third-order valence-electron chi connectivity index (χ3n) is 4.46. The number of phenolic OH excluding ortho intramolecular Hbond substituents is 2. The minimum Gasteiger partial charge on any atom is -0.504 e. The topological polar surface area (TPSA) is 43.7 Å². The van der Waals surface area contributed by atoms with Crippen molar-refractivity contribution in [2.24, 2.45) is 0 Å². The fourth-order valence-electron chi connectivity index (χ4n) is 3.11. The molecule has 0 unspecified atom stereocenters. The van der Waals surface area contributed by atoms with Gasteiger partial charge in [0.15, 0.2) is 11.5 Å². The average Bonchev–Trinajstić information content (AvgIpc) is 2.72. The number of hydrogen-bond acceptors (Lipinski definition) is 3. The molecule has 0 atom stereocenters. The molecule has 0 saturated heterocycles. The molecule has 132 valence electrons. The molecule has 0 heterocycles. The Hall–Kier alpha value is -3.72. The van der Waals surface area contributed by atoms with E-state index in [1.165, 1.54) is 6.07 Å². The predicted octanol–water partition coefficient (Wildman–Crippen LogP) is 6.23. The van der Waals surface area contributed by atoms with Crippen molar-refractivity contribution in [2.75, 3.05) is 4.90 Å². The first-order chi connectivity index (χ1) is 13.2. The minimum absolute atomic E-state index is 0.116. The molecule has 3 heteroatoms. The van der Waals surface area contributed by atoms with E-state index in [1.54, 1.807) is 12.1 Å². The van der Waals surface area contributed by atoms with Crippen LogP contribution in [0.25, 0.3) is 11.1 Å². The van der Waals surface area contributed by atoms with E-state index < -0.39 is 0 Å². The highest BCUT2D eigenvalue weighted by Gasteiger charge is 2.12. The second-order valence-corrected chi connectivity index (χ2v) is 6.26. The molecule has 0 aromatic heterocycles. The number of hydrogen-bond donors (Lipinski definition) is 2. The Morgan fingerprint density at radius 1 is 0.444 bits per heavy atom. The van der Waals surface area contributed by atoms with Crippen molar-refractivity contribution in [1.82, 2.24) is 0 Å². The van der Waals surface area contributed by atoms with E-state index in [4.69, 9.17) is 0 Å². The summed E-state index contributed by atoms with van der Waals surface area (Å²) >= 11 is 0. The van der Waals surface area contributed by atoms with Crippen LogP contribution in [0.15, 0.2) is 103 Å². The van der Waals surface area contributed by atoms with Gasteiger partial charge in [-0.25, -0.2) is 0 Å². The molecule has 0 aliphatic rings. The Balaban J connectivity index is 1.74. The maximum atomic E-state index is 9.74. The minimum atomic E-state index is -0.119. The van der Waals surface area contributed by atoms with E-state index in [1.807, 2.05) is 48.5 Å². The van der Waals surface area contributed by atoms with Crippen molar-refractivity contribution < 1.29 is 10.2 Å². The zero-order valence-electron chi connectivity index (χ0n) is 14.7. The summed E-state index contributed by atoms with van der Waals surface area (Å²) in [7, 11) is 0. The largest absolute Gasteiger partial charge is 0.504 e. The maximum Gasteiger partial charge on any atom is 0.158 e. The highest BCUT2D eigenvalue weighted by atomic mass is 16.3. The molecular formula is C24H19NO2. The van der Waals surface area contributed by atoms with Crippen molar-refractivity contribution in [3.05, 3.63) is 103 Å². The zero-order chi connectivity index (χ0) is 18.6. The van der Waals surface area contributed by atoms with Gasteiger partial charge in [0.2, 0.25) is 0 Å². The molecule has 0 aliphatic heterocycles. The van der Waals surface area contributed by atoms with Crippen molar-refractivity contribution in [1.29, 1.82) is 0 Å². The van der Waals surface area contributed by atoms with Crippen LogP contribution in [0.4, 0.5) is 17.1 Å². The first-order valence-electron chi connectivity index (χ1n) is 8.75. The molecule has 2 N–H and O–H groups in total. The fraction of sp³-hybridized carbons (Fsp3) is 0. The van der Waals surface area contributed by atoms with Gasteiger partial charge >= 0.3 is 0 Å². The van der Waals surface area contributed by atoms with Crippen LogP contribution in [0, 0.1) is 0 Å². The van der Waals surface area contributed by atoms with Gasteiger partial charge in [0.05, 0.1) is 0 Å². The summed E-state index contributed by atoms with van der Waals surface area (Å²) in [5.74, 6) is -0.235. The Labute approximate surface area is 158 Å². The molecule has 4 aromatic carbocycles. The maximum absolute atomic E-state index is 9.74. The van der Waals surface area contributed by atoms with Crippen LogP contribution in [0.3, 0.4) is 0 Å². The van der Waals surface area contributed by atoms with Crippen LogP contribution in [-0.2, 0) is 0 Å². The number of aromatic hydroxyl groups is 2. The van der Waals surface area contributed by atoms with E-state index >= 15 is 0 Å². The van der Waals surface area contributed by atoms with E-state index in [0.717, 1.165) is 28.2 Å². The zero-order valence-corrected chi connectivity index (χ0v) is 14.7. The summed E-state index contributed by atoms with van der Waals surface area (Å²) in [6, 6.07) is 33.4. The molecule has 0 aliphatic carbocycles. The highest BCUT2D eigenvalue weighted by molar-refractivity contribution is 5.78. The van der Waals surface area contributed by atoms with E-state index in [0.29, 0.717) is 0 Å². The van der Waals surface area contributed by atoms with Gasteiger partial charge in [0.25, 0.3) is 0 Å². The Morgan fingerprint density at radius 2 is 0.926 bits per heavy atom. The van der Waals surface area contributed by atoms with Gasteiger partial charge in [-0.1, -0.05) is 54.6 Å². The standard InChI is InChI=1S/C24H19NO2/c26-23-16-13-19(17-24(23)27)18-11-14-22(15-12-18)25(20-7-3-1-4-8-20)21-9-5-2-6-10-21/h1-17,26-27H. The summed E-state index contributed by atoms with van der Waals surface area (Å²) in [5.41, 5.74) is 5.02. The predicted molar refractivity (Wildman–Crippen MR) is 110 cm³/mol. The summed E-state index contributed by atoms with van der Waals surface area (Å²) < 4.78 is 0. The third kappa shape index (κ3) is 3.48. The normalized spacial score (nSPS) is 10.5. The Morgan fingerprint density at radius 3 is 1.44 bits per heavy atom. The Bertz CT molecular complexity index is 989. The number of para-hydroxylation sites is 2. The van der Waals surface area contributed by atoms with Gasteiger partial charge in [-0.2, -0.15) is 0 Å².